The van der Waals surface area contributed by atoms with Gasteiger partial charge in [-0.05, 0) is 26.2 Å². The van der Waals surface area contributed by atoms with Crippen molar-refractivity contribution in [3.63, 3.8) is 0 Å². The van der Waals surface area contributed by atoms with Crippen molar-refractivity contribution in [2.45, 2.75) is 51.5 Å². The summed E-state index contributed by atoms with van der Waals surface area (Å²) in [5.41, 5.74) is 0.482. The molecule has 3 rings (SSSR count). The van der Waals surface area contributed by atoms with Crippen LogP contribution in [0.15, 0.2) is 6.07 Å². The first-order valence-electron chi connectivity index (χ1n) is 8.96. The Kier molecular flexibility index (Phi) is 4.67. The van der Waals surface area contributed by atoms with E-state index in [4.69, 9.17) is 0 Å². The normalized spacial score (nSPS) is 22.7. The van der Waals surface area contributed by atoms with E-state index in [2.05, 4.69) is 21.8 Å². The largest absolute Gasteiger partial charge is 0.481 e. The van der Waals surface area contributed by atoms with Crippen molar-refractivity contribution in [1.29, 1.82) is 0 Å². The van der Waals surface area contributed by atoms with Crippen LogP contribution in [0.3, 0.4) is 0 Å². The Labute approximate surface area is 148 Å². The molecule has 1 amide bonds. The van der Waals surface area contributed by atoms with Crippen LogP contribution in [0.1, 0.15) is 44.1 Å². The number of hydrogen-bond donors (Lipinski definition) is 1. The van der Waals surface area contributed by atoms with Gasteiger partial charge in [0.15, 0.2) is 0 Å². The molecule has 7 heteroatoms. The lowest BCUT2D eigenvalue weighted by Crippen LogP contribution is -2.56. The molecule has 7 nitrogen and oxygen atoms in total. The Balaban J connectivity index is 1.79. The number of hydrogen-bond acceptors (Lipinski definition) is 5. The van der Waals surface area contributed by atoms with E-state index in [1.165, 1.54) is 0 Å². The molecule has 0 bridgehead atoms. The van der Waals surface area contributed by atoms with E-state index < -0.39 is 17.4 Å². The maximum atomic E-state index is 12.1. The number of amides is 1. The molecule has 2 aliphatic rings. The SMILES string of the molecule is CCCc1cc(N2CCC3(CC2)[C@@H](C(=O)O)CC(=O)N3C)nc(C)n1. The lowest BCUT2D eigenvalue weighted by molar-refractivity contribution is -0.145. The average molecular weight is 346 g/mol. The molecule has 0 radical (unpaired) electrons. The Morgan fingerprint density at radius 3 is 2.64 bits per heavy atom. The van der Waals surface area contributed by atoms with Crippen LogP contribution in [0.2, 0.25) is 0 Å². The summed E-state index contributed by atoms with van der Waals surface area (Å²) < 4.78 is 0. The maximum absolute atomic E-state index is 12.1. The molecule has 3 heterocycles. The molecule has 0 aliphatic carbocycles. The minimum absolute atomic E-state index is 0.0658. The average Bonchev–Trinajstić information content (AvgIpc) is 2.81. The number of rotatable bonds is 4. The maximum Gasteiger partial charge on any atom is 0.309 e. The van der Waals surface area contributed by atoms with Crippen molar-refractivity contribution >= 4 is 17.7 Å². The Hall–Kier alpha value is -2.18. The number of carbonyl (C=O) groups excluding carboxylic acids is 1. The van der Waals surface area contributed by atoms with Gasteiger partial charge in [-0.3, -0.25) is 9.59 Å². The number of aliphatic carboxylic acids is 1. The summed E-state index contributed by atoms with van der Waals surface area (Å²) in [5, 5.41) is 9.57. The second-order valence-electron chi connectivity index (χ2n) is 7.15. The van der Waals surface area contributed by atoms with Crippen molar-refractivity contribution in [3.05, 3.63) is 17.6 Å². The monoisotopic (exact) mass is 346 g/mol. The quantitative estimate of drug-likeness (QED) is 0.892. The fourth-order valence-corrected chi connectivity index (χ4v) is 4.27. The second kappa shape index (κ2) is 6.61. The van der Waals surface area contributed by atoms with Crippen molar-refractivity contribution in [2.24, 2.45) is 5.92 Å². The minimum atomic E-state index is -0.866. The van der Waals surface area contributed by atoms with Gasteiger partial charge in [0.1, 0.15) is 11.6 Å². The van der Waals surface area contributed by atoms with E-state index in [0.29, 0.717) is 25.9 Å². The summed E-state index contributed by atoms with van der Waals surface area (Å²) in [6.07, 6.45) is 3.37. The van der Waals surface area contributed by atoms with Crippen LogP contribution in [-0.4, -0.2) is 57.5 Å². The number of aryl methyl sites for hydroxylation is 2. The van der Waals surface area contributed by atoms with E-state index in [1.807, 2.05) is 13.0 Å². The first-order chi connectivity index (χ1) is 11.9. The Morgan fingerprint density at radius 1 is 1.36 bits per heavy atom. The smallest absolute Gasteiger partial charge is 0.309 e. The molecule has 1 atom stereocenters. The van der Waals surface area contributed by atoms with Crippen LogP contribution in [0.4, 0.5) is 5.82 Å². The zero-order valence-corrected chi connectivity index (χ0v) is 15.2. The number of anilines is 1. The van der Waals surface area contributed by atoms with Crippen LogP contribution < -0.4 is 4.90 Å². The van der Waals surface area contributed by atoms with E-state index in [-0.39, 0.29) is 12.3 Å². The van der Waals surface area contributed by atoms with Gasteiger partial charge >= 0.3 is 5.97 Å². The summed E-state index contributed by atoms with van der Waals surface area (Å²) in [6.45, 7) is 5.42. The van der Waals surface area contributed by atoms with E-state index in [9.17, 15) is 14.7 Å². The highest BCUT2D eigenvalue weighted by molar-refractivity contribution is 5.88. The highest BCUT2D eigenvalue weighted by atomic mass is 16.4. The third-order valence-corrected chi connectivity index (χ3v) is 5.70. The molecule has 2 fully saturated rings. The third-order valence-electron chi connectivity index (χ3n) is 5.70. The van der Waals surface area contributed by atoms with Gasteiger partial charge in [0, 0.05) is 38.3 Å². The number of likely N-dealkylation sites (tertiary alicyclic amines) is 1. The van der Waals surface area contributed by atoms with E-state index in [1.54, 1.807) is 11.9 Å². The highest BCUT2D eigenvalue weighted by Gasteiger charge is 2.55. The zero-order chi connectivity index (χ0) is 18.2. The zero-order valence-electron chi connectivity index (χ0n) is 15.2. The van der Waals surface area contributed by atoms with Crippen molar-refractivity contribution in [1.82, 2.24) is 14.9 Å². The highest BCUT2D eigenvalue weighted by Crippen LogP contribution is 2.43. The third kappa shape index (κ3) is 3.07. The summed E-state index contributed by atoms with van der Waals surface area (Å²) in [4.78, 5) is 36.7. The van der Waals surface area contributed by atoms with Gasteiger partial charge in [-0.15, -0.1) is 0 Å². The molecule has 25 heavy (non-hydrogen) atoms. The molecule has 0 saturated carbocycles. The number of piperidine rings is 1. The lowest BCUT2D eigenvalue weighted by Gasteiger charge is -2.45. The number of aromatic nitrogens is 2. The van der Waals surface area contributed by atoms with Crippen molar-refractivity contribution in [3.8, 4) is 0 Å². The summed E-state index contributed by atoms with van der Waals surface area (Å²) >= 11 is 0. The van der Waals surface area contributed by atoms with Gasteiger partial charge in [0.2, 0.25) is 5.91 Å². The summed E-state index contributed by atoms with van der Waals surface area (Å²) in [7, 11) is 1.75. The van der Waals surface area contributed by atoms with Crippen molar-refractivity contribution in [2.75, 3.05) is 25.0 Å². The van der Waals surface area contributed by atoms with Gasteiger partial charge in [-0.1, -0.05) is 13.3 Å². The molecule has 0 aromatic carbocycles. The molecule has 1 spiro atoms. The second-order valence-corrected chi connectivity index (χ2v) is 7.15. The predicted octanol–water partition coefficient (Wildman–Crippen LogP) is 1.64. The van der Waals surface area contributed by atoms with Crippen LogP contribution in [0.5, 0.6) is 0 Å². The number of carboxylic acid groups (broad SMARTS) is 1. The molecule has 1 aromatic heterocycles. The topological polar surface area (TPSA) is 86.6 Å². The van der Waals surface area contributed by atoms with E-state index >= 15 is 0 Å². The van der Waals surface area contributed by atoms with Gasteiger partial charge in [-0.25, -0.2) is 9.97 Å². The fourth-order valence-electron chi connectivity index (χ4n) is 4.27. The first kappa shape index (κ1) is 17.6. The summed E-state index contributed by atoms with van der Waals surface area (Å²) in [6, 6.07) is 2.03. The first-order valence-corrected chi connectivity index (χ1v) is 8.96. The minimum Gasteiger partial charge on any atom is -0.481 e. The van der Waals surface area contributed by atoms with Gasteiger partial charge in [-0.2, -0.15) is 0 Å². The predicted molar refractivity (Wildman–Crippen MR) is 93.5 cm³/mol. The fraction of sp³-hybridized carbons (Fsp3) is 0.667. The van der Waals surface area contributed by atoms with E-state index in [0.717, 1.165) is 30.2 Å². The summed E-state index contributed by atoms with van der Waals surface area (Å²) in [5.74, 6) is 0.121. The molecule has 0 unspecified atom stereocenters. The molecular weight excluding hydrogens is 320 g/mol. The van der Waals surface area contributed by atoms with Gasteiger partial charge in [0.25, 0.3) is 0 Å². The van der Waals surface area contributed by atoms with Crippen LogP contribution in [0.25, 0.3) is 0 Å². The van der Waals surface area contributed by atoms with Crippen molar-refractivity contribution < 1.29 is 14.7 Å². The molecule has 2 saturated heterocycles. The van der Waals surface area contributed by atoms with Crippen LogP contribution in [0, 0.1) is 12.8 Å². The Morgan fingerprint density at radius 2 is 2.04 bits per heavy atom. The van der Waals surface area contributed by atoms with Gasteiger partial charge < -0.3 is 14.9 Å². The molecule has 1 aromatic rings. The molecule has 136 valence electrons. The number of nitrogens with zero attached hydrogens (tertiary/aromatic N) is 4. The number of carbonyl (C=O) groups is 2. The van der Waals surface area contributed by atoms with Crippen LogP contribution >= 0.6 is 0 Å². The standard InChI is InChI=1S/C18H26N4O3/c1-4-5-13-10-15(20-12(2)19-13)22-8-6-18(7-9-22)14(17(24)25)11-16(23)21(18)3/h10,14H,4-9,11H2,1-3H3,(H,24,25)/t14-/m1/s1. The number of carboxylic acids is 1. The van der Waals surface area contributed by atoms with Gasteiger partial charge in [0.05, 0.1) is 11.5 Å². The molecule has 2 aliphatic heterocycles. The molecular formula is C18H26N4O3. The molecule has 1 N–H and O–H groups in total. The Bertz CT molecular complexity index is 683. The van der Waals surface area contributed by atoms with Crippen LogP contribution in [-0.2, 0) is 16.0 Å². The lowest BCUT2D eigenvalue weighted by atomic mass is 9.77.